The molecular weight excluding hydrogens is 356 g/mol. The number of anilines is 2. The van der Waals surface area contributed by atoms with Crippen LogP contribution in [0, 0.1) is 10.1 Å². The summed E-state index contributed by atoms with van der Waals surface area (Å²) < 4.78 is 28.6. The summed E-state index contributed by atoms with van der Waals surface area (Å²) in [5.41, 5.74) is 0.292. The first-order chi connectivity index (χ1) is 11.2. The Morgan fingerprint density at radius 1 is 1.25 bits per heavy atom. The SMILES string of the molecule is CCOc1ccc(Nc2cc(Cl)c(S(C)(=O)=O)cc2[N+](=O)[O-])cc1. The molecule has 0 amide bonds. The minimum absolute atomic E-state index is 0.0865. The molecule has 0 aliphatic carbocycles. The molecule has 0 saturated carbocycles. The van der Waals surface area contributed by atoms with E-state index in [4.69, 9.17) is 16.3 Å². The van der Waals surface area contributed by atoms with Gasteiger partial charge in [0.15, 0.2) is 9.84 Å². The summed E-state index contributed by atoms with van der Waals surface area (Å²) in [7, 11) is -3.67. The number of nitro groups is 1. The van der Waals surface area contributed by atoms with Gasteiger partial charge >= 0.3 is 0 Å². The van der Waals surface area contributed by atoms with Crippen molar-refractivity contribution in [3.63, 3.8) is 0 Å². The second kappa shape index (κ2) is 7.06. The zero-order valence-electron chi connectivity index (χ0n) is 12.9. The van der Waals surface area contributed by atoms with Crippen molar-refractivity contribution in [2.24, 2.45) is 0 Å². The third-order valence-electron chi connectivity index (χ3n) is 3.09. The Bertz CT molecular complexity index is 866. The second-order valence-electron chi connectivity index (χ2n) is 4.91. The van der Waals surface area contributed by atoms with E-state index in [1.165, 1.54) is 6.07 Å². The van der Waals surface area contributed by atoms with Gasteiger partial charge in [0.2, 0.25) is 0 Å². The molecule has 0 fully saturated rings. The number of sulfone groups is 1. The fourth-order valence-corrected chi connectivity index (χ4v) is 3.36. The summed E-state index contributed by atoms with van der Waals surface area (Å²) in [4.78, 5) is 10.3. The number of rotatable bonds is 6. The predicted molar refractivity (Wildman–Crippen MR) is 92.1 cm³/mol. The monoisotopic (exact) mass is 370 g/mol. The molecular formula is C15H15ClN2O5S. The quantitative estimate of drug-likeness (QED) is 0.613. The standard InChI is InChI=1S/C15H15ClN2O5S/c1-3-23-11-6-4-10(5-7-11)17-13-8-12(16)15(24(2,21)22)9-14(13)18(19)20/h4-9,17H,3H2,1-2H3. The second-order valence-corrected chi connectivity index (χ2v) is 7.30. The molecule has 0 aromatic heterocycles. The van der Waals surface area contributed by atoms with Crippen LogP contribution in [0.1, 0.15) is 6.92 Å². The maximum atomic E-state index is 11.7. The van der Waals surface area contributed by atoms with Gasteiger partial charge in [-0.1, -0.05) is 11.6 Å². The van der Waals surface area contributed by atoms with Crippen molar-refractivity contribution in [1.82, 2.24) is 0 Å². The molecule has 128 valence electrons. The molecule has 2 aromatic rings. The molecule has 0 saturated heterocycles. The molecule has 0 atom stereocenters. The molecule has 0 heterocycles. The van der Waals surface area contributed by atoms with Crippen molar-refractivity contribution >= 4 is 38.5 Å². The molecule has 0 bridgehead atoms. The fourth-order valence-electron chi connectivity index (χ4n) is 2.03. The van der Waals surface area contributed by atoms with Crippen molar-refractivity contribution in [1.29, 1.82) is 0 Å². The summed E-state index contributed by atoms with van der Waals surface area (Å²) in [6.45, 7) is 2.39. The smallest absolute Gasteiger partial charge is 0.294 e. The van der Waals surface area contributed by atoms with Crippen molar-refractivity contribution in [2.75, 3.05) is 18.2 Å². The van der Waals surface area contributed by atoms with Gasteiger partial charge in [-0.3, -0.25) is 10.1 Å². The Morgan fingerprint density at radius 2 is 1.88 bits per heavy atom. The lowest BCUT2D eigenvalue weighted by Gasteiger charge is -2.11. The Morgan fingerprint density at radius 3 is 2.38 bits per heavy atom. The van der Waals surface area contributed by atoms with Crippen LogP contribution in [0.2, 0.25) is 5.02 Å². The van der Waals surface area contributed by atoms with Gasteiger partial charge in [0.05, 0.1) is 21.4 Å². The van der Waals surface area contributed by atoms with E-state index < -0.39 is 14.8 Å². The fraction of sp³-hybridized carbons (Fsp3) is 0.200. The van der Waals surface area contributed by atoms with E-state index >= 15 is 0 Å². The first-order valence-corrected chi connectivity index (χ1v) is 9.17. The van der Waals surface area contributed by atoms with Crippen molar-refractivity contribution in [3.8, 4) is 5.75 Å². The van der Waals surface area contributed by atoms with Crippen LogP contribution in [0.5, 0.6) is 5.75 Å². The van der Waals surface area contributed by atoms with Crippen molar-refractivity contribution in [3.05, 3.63) is 51.5 Å². The molecule has 0 spiro atoms. The van der Waals surface area contributed by atoms with Gasteiger partial charge in [-0.2, -0.15) is 0 Å². The minimum atomic E-state index is -3.67. The number of nitro benzene ring substituents is 1. The van der Waals surface area contributed by atoms with Crippen LogP contribution in [0.4, 0.5) is 17.1 Å². The van der Waals surface area contributed by atoms with E-state index in [0.29, 0.717) is 18.0 Å². The van der Waals surface area contributed by atoms with Gasteiger partial charge in [0, 0.05) is 18.0 Å². The summed E-state index contributed by atoms with van der Waals surface area (Å²) >= 11 is 5.96. The van der Waals surface area contributed by atoms with Gasteiger partial charge in [-0.05, 0) is 37.3 Å². The number of halogens is 1. The average Bonchev–Trinajstić information content (AvgIpc) is 2.48. The molecule has 2 rings (SSSR count). The summed E-state index contributed by atoms with van der Waals surface area (Å²) in [5, 5.41) is 14.0. The van der Waals surface area contributed by atoms with Gasteiger partial charge in [0.25, 0.3) is 5.69 Å². The van der Waals surface area contributed by atoms with E-state index in [2.05, 4.69) is 5.32 Å². The zero-order valence-corrected chi connectivity index (χ0v) is 14.5. The maximum absolute atomic E-state index is 11.7. The highest BCUT2D eigenvalue weighted by Crippen LogP contribution is 2.35. The number of nitrogens with one attached hydrogen (secondary N) is 1. The third kappa shape index (κ3) is 4.15. The highest BCUT2D eigenvalue weighted by Gasteiger charge is 2.22. The van der Waals surface area contributed by atoms with Crippen LogP contribution >= 0.6 is 11.6 Å². The molecule has 9 heteroatoms. The largest absolute Gasteiger partial charge is 0.494 e. The highest BCUT2D eigenvalue weighted by atomic mass is 35.5. The predicted octanol–water partition coefficient (Wildman–Crippen LogP) is 3.79. The summed E-state index contributed by atoms with van der Waals surface area (Å²) in [5.74, 6) is 0.669. The number of hydrogen-bond acceptors (Lipinski definition) is 6. The van der Waals surface area contributed by atoms with Crippen LogP contribution in [-0.4, -0.2) is 26.2 Å². The zero-order chi connectivity index (χ0) is 17.9. The van der Waals surface area contributed by atoms with E-state index in [9.17, 15) is 18.5 Å². The van der Waals surface area contributed by atoms with Crippen LogP contribution in [0.3, 0.4) is 0 Å². The molecule has 0 radical (unpaired) electrons. The number of hydrogen-bond donors (Lipinski definition) is 1. The highest BCUT2D eigenvalue weighted by molar-refractivity contribution is 7.90. The van der Waals surface area contributed by atoms with E-state index in [-0.39, 0.29) is 21.3 Å². The molecule has 7 nitrogen and oxygen atoms in total. The Hall–Kier alpha value is -2.32. The normalized spacial score (nSPS) is 11.1. The first kappa shape index (κ1) is 18.0. The lowest BCUT2D eigenvalue weighted by atomic mass is 10.2. The minimum Gasteiger partial charge on any atom is -0.494 e. The molecule has 0 aliphatic rings. The van der Waals surface area contributed by atoms with Crippen LogP contribution in [-0.2, 0) is 9.84 Å². The van der Waals surface area contributed by atoms with E-state index in [1.54, 1.807) is 24.3 Å². The number of benzene rings is 2. The lowest BCUT2D eigenvalue weighted by Crippen LogP contribution is -2.03. The lowest BCUT2D eigenvalue weighted by molar-refractivity contribution is -0.384. The molecule has 0 unspecified atom stereocenters. The number of nitrogens with zero attached hydrogens (tertiary/aromatic N) is 1. The molecule has 2 aromatic carbocycles. The maximum Gasteiger partial charge on any atom is 0.294 e. The molecule has 1 N–H and O–H groups in total. The van der Waals surface area contributed by atoms with Gasteiger partial charge in [-0.25, -0.2) is 8.42 Å². The van der Waals surface area contributed by atoms with Gasteiger partial charge in [0.1, 0.15) is 11.4 Å². The van der Waals surface area contributed by atoms with Gasteiger partial charge < -0.3 is 10.1 Å². The average molecular weight is 371 g/mol. The van der Waals surface area contributed by atoms with Crippen molar-refractivity contribution in [2.45, 2.75) is 11.8 Å². The third-order valence-corrected chi connectivity index (χ3v) is 4.65. The summed E-state index contributed by atoms with van der Waals surface area (Å²) in [6, 6.07) is 8.98. The molecule has 0 aliphatic heterocycles. The first-order valence-electron chi connectivity index (χ1n) is 6.90. The molecule has 24 heavy (non-hydrogen) atoms. The number of ether oxygens (including phenoxy) is 1. The van der Waals surface area contributed by atoms with Crippen molar-refractivity contribution < 1.29 is 18.1 Å². The Labute approximate surface area is 144 Å². The van der Waals surface area contributed by atoms with Crippen LogP contribution < -0.4 is 10.1 Å². The summed E-state index contributed by atoms with van der Waals surface area (Å²) in [6.07, 6.45) is 0.942. The Kier molecular flexibility index (Phi) is 5.30. The van der Waals surface area contributed by atoms with Gasteiger partial charge in [-0.15, -0.1) is 0 Å². The van der Waals surface area contributed by atoms with Crippen LogP contribution in [0.15, 0.2) is 41.3 Å². The van der Waals surface area contributed by atoms with E-state index in [1.807, 2.05) is 6.92 Å². The topological polar surface area (TPSA) is 98.5 Å². The Balaban J connectivity index is 2.42. The van der Waals surface area contributed by atoms with Crippen LogP contribution in [0.25, 0.3) is 0 Å². The van der Waals surface area contributed by atoms with E-state index in [0.717, 1.165) is 12.3 Å².